The van der Waals surface area contributed by atoms with Gasteiger partial charge >= 0.3 is 0 Å². The number of fused-ring (bicyclic) bond motifs is 1. The van der Waals surface area contributed by atoms with Crippen LogP contribution in [0.5, 0.6) is 5.75 Å². The van der Waals surface area contributed by atoms with Gasteiger partial charge in [0.25, 0.3) is 0 Å². The van der Waals surface area contributed by atoms with E-state index < -0.39 is 10.0 Å². The average molecular weight is 432 g/mol. The molecule has 1 aliphatic rings. The summed E-state index contributed by atoms with van der Waals surface area (Å²) >= 11 is 5.96. The molecule has 4 rings (SSSR count). The molecule has 0 radical (unpaired) electrons. The van der Waals surface area contributed by atoms with Crippen LogP contribution in [0.15, 0.2) is 59.8 Å². The van der Waals surface area contributed by atoms with E-state index in [1.165, 1.54) is 0 Å². The van der Waals surface area contributed by atoms with Crippen LogP contribution in [0.25, 0.3) is 10.8 Å². The maximum absolute atomic E-state index is 11.7. The van der Waals surface area contributed by atoms with E-state index in [1.807, 2.05) is 36.5 Å². The van der Waals surface area contributed by atoms with E-state index >= 15 is 0 Å². The van der Waals surface area contributed by atoms with Gasteiger partial charge in [-0.05, 0) is 60.2 Å². The number of sulfonamides is 1. The number of pyridine rings is 1. The number of nitrogens with zero attached hydrogens (tertiary/aromatic N) is 2. The lowest BCUT2D eigenvalue weighted by atomic mass is 10.1. The number of hydrogen-bond donors (Lipinski definition) is 1. The van der Waals surface area contributed by atoms with Crippen molar-refractivity contribution in [2.24, 2.45) is 5.14 Å². The third-order valence-corrected chi connectivity index (χ3v) is 6.55. The topological polar surface area (TPSA) is 85.5 Å². The molecule has 1 aliphatic heterocycles. The SMILES string of the molecule is NS(=O)(=O)c1cc(CN2CCC(Oc3ccc4cnccc4c3)CC2)ccc1Cl. The Balaban J connectivity index is 1.36. The molecule has 3 aromatic rings. The zero-order chi connectivity index (χ0) is 20.4. The van der Waals surface area contributed by atoms with E-state index in [-0.39, 0.29) is 16.0 Å². The molecule has 0 amide bonds. The Morgan fingerprint density at radius 3 is 2.66 bits per heavy atom. The van der Waals surface area contributed by atoms with Crippen molar-refractivity contribution >= 4 is 32.4 Å². The Hall–Kier alpha value is -2.19. The number of likely N-dealkylation sites (tertiary alicyclic amines) is 1. The molecular weight excluding hydrogens is 410 g/mol. The number of halogens is 1. The number of rotatable bonds is 5. The molecule has 152 valence electrons. The van der Waals surface area contributed by atoms with E-state index in [0.29, 0.717) is 6.54 Å². The van der Waals surface area contributed by atoms with Crippen molar-refractivity contribution in [3.63, 3.8) is 0 Å². The second kappa shape index (κ2) is 8.28. The van der Waals surface area contributed by atoms with Crippen molar-refractivity contribution in [2.45, 2.75) is 30.4 Å². The number of piperidine rings is 1. The fourth-order valence-electron chi connectivity index (χ4n) is 3.63. The number of hydrogen-bond acceptors (Lipinski definition) is 5. The largest absolute Gasteiger partial charge is 0.490 e. The average Bonchev–Trinajstić information content (AvgIpc) is 2.70. The van der Waals surface area contributed by atoms with Crippen molar-refractivity contribution in [1.29, 1.82) is 0 Å². The molecule has 1 saturated heterocycles. The highest BCUT2D eigenvalue weighted by Crippen LogP contribution is 2.25. The van der Waals surface area contributed by atoms with E-state index in [2.05, 4.69) is 9.88 Å². The van der Waals surface area contributed by atoms with Crippen molar-refractivity contribution in [1.82, 2.24) is 9.88 Å². The minimum absolute atomic E-state index is 0.0265. The number of nitrogens with two attached hydrogens (primary N) is 1. The van der Waals surface area contributed by atoms with E-state index in [4.69, 9.17) is 21.5 Å². The maximum atomic E-state index is 11.7. The van der Waals surface area contributed by atoms with Crippen molar-refractivity contribution < 1.29 is 13.2 Å². The highest BCUT2D eigenvalue weighted by Gasteiger charge is 2.21. The summed E-state index contributed by atoms with van der Waals surface area (Å²) in [6.07, 6.45) is 5.60. The molecule has 1 fully saturated rings. The summed E-state index contributed by atoms with van der Waals surface area (Å²) < 4.78 is 29.5. The number of aromatic nitrogens is 1. The molecule has 1 aromatic heterocycles. The summed E-state index contributed by atoms with van der Waals surface area (Å²) in [6, 6.07) is 13.0. The van der Waals surface area contributed by atoms with E-state index in [1.54, 1.807) is 18.3 Å². The summed E-state index contributed by atoms with van der Waals surface area (Å²) in [5, 5.41) is 7.60. The first-order valence-electron chi connectivity index (χ1n) is 9.42. The lowest BCUT2D eigenvalue weighted by Crippen LogP contribution is -2.37. The van der Waals surface area contributed by atoms with Crippen molar-refractivity contribution in [3.05, 3.63) is 65.4 Å². The monoisotopic (exact) mass is 431 g/mol. The van der Waals surface area contributed by atoms with Crippen LogP contribution in [0.2, 0.25) is 5.02 Å². The Morgan fingerprint density at radius 1 is 1.10 bits per heavy atom. The van der Waals surface area contributed by atoms with Crippen LogP contribution in [-0.2, 0) is 16.6 Å². The third kappa shape index (κ3) is 4.87. The molecule has 0 aliphatic carbocycles. The van der Waals surface area contributed by atoms with Gasteiger partial charge in [0.15, 0.2) is 0 Å². The molecule has 2 N–H and O–H groups in total. The highest BCUT2D eigenvalue weighted by atomic mass is 35.5. The van der Waals surface area contributed by atoms with Gasteiger partial charge in [-0.3, -0.25) is 9.88 Å². The molecule has 0 bridgehead atoms. The van der Waals surface area contributed by atoms with Crippen LogP contribution in [0.1, 0.15) is 18.4 Å². The van der Waals surface area contributed by atoms with Crippen LogP contribution in [0.4, 0.5) is 0 Å². The van der Waals surface area contributed by atoms with E-state index in [0.717, 1.165) is 48.0 Å². The second-order valence-electron chi connectivity index (χ2n) is 7.29. The molecule has 29 heavy (non-hydrogen) atoms. The minimum atomic E-state index is -3.83. The highest BCUT2D eigenvalue weighted by molar-refractivity contribution is 7.89. The molecule has 0 unspecified atom stereocenters. The van der Waals surface area contributed by atoms with Gasteiger partial charge < -0.3 is 4.74 Å². The number of ether oxygens (including phenoxy) is 1. The molecule has 0 saturated carbocycles. The fourth-order valence-corrected chi connectivity index (χ4v) is 4.73. The first-order chi connectivity index (χ1) is 13.9. The van der Waals surface area contributed by atoms with Gasteiger partial charge in [-0.25, -0.2) is 13.6 Å². The lowest BCUT2D eigenvalue weighted by Gasteiger charge is -2.32. The first kappa shape index (κ1) is 20.1. The van der Waals surface area contributed by atoms with Gasteiger partial charge in [-0.1, -0.05) is 17.7 Å². The van der Waals surface area contributed by atoms with Gasteiger partial charge in [0.1, 0.15) is 16.7 Å². The zero-order valence-corrected chi connectivity index (χ0v) is 17.4. The van der Waals surface area contributed by atoms with Gasteiger partial charge in [0, 0.05) is 37.4 Å². The van der Waals surface area contributed by atoms with Crippen LogP contribution in [0, 0.1) is 0 Å². The Bertz CT molecular complexity index is 1130. The van der Waals surface area contributed by atoms with Gasteiger partial charge in [-0.15, -0.1) is 0 Å². The first-order valence-corrected chi connectivity index (χ1v) is 11.3. The Morgan fingerprint density at radius 2 is 1.90 bits per heavy atom. The molecular formula is C21H22ClN3O3S. The summed E-state index contributed by atoms with van der Waals surface area (Å²) in [4.78, 5) is 6.38. The van der Waals surface area contributed by atoms with Crippen molar-refractivity contribution in [3.8, 4) is 5.75 Å². The van der Waals surface area contributed by atoms with E-state index in [9.17, 15) is 8.42 Å². The fraction of sp³-hybridized carbons (Fsp3) is 0.286. The minimum Gasteiger partial charge on any atom is -0.490 e. The summed E-state index contributed by atoms with van der Waals surface area (Å²) in [7, 11) is -3.83. The summed E-state index contributed by atoms with van der Waals surface area (Å²) in [6.45, 7) is 2.39. The second-order valence-corrected chi connectivity index (χ2v) is 9.22. The zero-order valence-electron chi connectivity index (χ0n) is 15.8. The number of primary sulfonamides is 1. The van der Waals surface area contributed by atoms with Gasteiger partial charge in [-0.2, -0.15) is 0 Å². The predicted octanol–water partition coefficient (Wildman–Crippen LogP) is 3.58. The normalized spacial score (nSPS) is 16.2. The lowest BCUT2D eigenvalue weighted by molar-refractivity contribution is 0.0969. The molecule has 2 aromatic carbocycles. The summed E-state index contributed by atoms with van der Waals surface area (Å²) in [5.41, 5.74) is 0.876. The quantitative estimate of drug-likeness (QED) is 0.667. The molecule has 8 heteroatoms. The molecule has 0 atom stereocenters. The van der Waals surface area contributed by atoms with Crippen LogP contribution in [0.3, 0.4) is 0 Å². The number of benzene rings is 2. The molecule has 6 nitrogen and oxygen atoms in total. The molecule has 0 spiro atoms. The molecule has 2 heterocycles. The predicted molar refractivity (Wildman–Crippen MR) is 113 cm³/mol. The third-order valence-electron chi connectivity index (χ3n) is 5.16. The van der Waals surface area contributed by atoms with Crippen LogP contribution in [-0.4, -0.2) is 37.5 Å². The smallest absolute Gasteiger partial charge is 0.239 e. The Labute approximate surface area is 175 Å². The standard InChI is InChI=1S/C21H22ClN3O3S/c22-20-4-1-15(11-21(20)29(23,26)27)14-25-9-6-18(7-10-25)28-19-3-2-17-13-24-8-5-16(17)12-19/h1-5,8,11-13,18H,6-7,9-10,14H2,(H2,23,26,27). The van der Waals surface area contributed by atoms with Crippen LogP contribution < -0.4 is 9.88 Å². The van der Waals surface area contributed by atoms with Gasteiger partial charge in [0.2, 0.25) is 10.0 Å². The van der Waals surface area contributed by atoms with Crippen molar-refractivity contribution in [2.75, 3.05) is 13.1 Å². The Kier molecular flexibility index (Phi) is 5.74. The maximum Gasteiger partial charge on any atom is 0.239 e. The van der Waals surface area contributed by atoms with Gasteiger partial charge in [0.05, 0.1) is 5.02 Å². The summed E-state index contributed by atoms with van der Waals surface area (Å²) in [5.74, 6) is 0.873. The van der Waals surface area contributed by atoms with Crippen LogP contribution >= 0.6 is 11.6 Å².